The van der Waals surface area contributed by atoms with E-state index in [1.165, 1.54) is 36.0 Å². The molecule has 0 saturated heterocycles. The van der Waals surface area contributed by atoms with Gasteiger partial charge in [-0.15, -0.1) is 0 Å². The van der Waals surface area contributed by atoms with Gasteiger partial charge in [-0.1, -0.05) is 57.4 Å². The molecule has 1 aromatic rings. The Balaban J connectivity index is 1.26. The highest BCUT2D eigenvalue weighted by Gasteiger charge is 2.57. The molecule has 4 aliphatic carbocycles. The number of fused-ring (bicyclic) bond motifs is 5. The maximum Gasteiger partial charge on any atom is 0.508 e. The predicted octanol–water partition coefficient (Wildman–Crippen LogP) is 7.75. The Labute approximate surface area is 205 Å². The van der Waals surface area contributed by atoms with E-state index in [-0.39, 0.29) is 16.9 Å². The van der Waals surface area contributed by atoms with Gasteiger partial charge in [0.25, 0.3) is 0 Å². The molecule has 0 radical (unpaired) electrons. The minimum Gasteiger partial charge on any atom is -0.434 e. The third-order valence-corrected chi connectivity index (χ3v) is 9.84. The molecule has 2 fully saturated rings. The Morgan fingerprint density at radius 2 is 1.94 bits per heavy atom. The molecule has 1 aromatic heterocycles. The molecule has 0 N–H and O–H groups in total. The first kappa shape index (κ1) is 23.6. The Morgan fingerprint density at radius 1 is 1.09 bits per heavy atom. The Kier molecular flexibility index (Phi) is 6.61. The molecule has 1 heterocycles. The van der Waals surface area contributed by atoms with E-state index in [0.29, 0.717) is 12.5 Å². The van der Waals surface area contributed by atoms with Crippen molar-refractivity contribution in [2.75, 3.05) is 6.61 Å². The molecule has 2 saturated carbocycles. The number of hydrogen-bond acceptors (Lipinski definition) is 4. The number of pyridine rings is 1. The molecule has 0 aromatic carbocycles. The van der Waals surface area contributed by atoms with Gasteiger partial charge in [0.2, 0.25) is 0 Å². The minimum absolute atomic E-state index is 0.0336. The van der Waals surface area contributed by atoms with Gasteiger partial charge in [0.15, 0.2) is 0 Å². The summed E-state index contributed by atoms with van der Waals surface area (Å²) in [6, 6.07) is 4.30. The second-order valence-corrected chi connectivity index (χ2v) is 11.6. The quantitative estimate of drug-likeness (QED) is 0.246. The molecule has 34 heavy (non-hydrogen) atoms. The summed E-state index contributed by atoms with van der Waals surface area (Å²) in [5.41, 5.74) is 4.87. The van der Waals surface area contributed by atoms with E-state index in [1.54, 1.807) is 0 Å². The topological polar surface area (TPSA) is 48.4 Å². The van der Waals surface area contributed by atoms with E-state index in [0.717, 1.165) is 56.8 Å². The number of carbonyl (C=O) groups excluding carboxylic acids is 1. The summed E-state index contributed by atoms with van der Waals surface area (Å²) < 4.78 is 11.0. The van der Waals surface area contributed by atoms with Crippen molar-refractivity contribution >= 4 is 11.7 Å². The summed E-state index contributed by atoms with van der Waals surface area (Å²) >= 11 is 0. The molecule has 0 spiro atoms. The third kappa shape index (κ3) is 4.12. The molecule has 6 unspecified atom stereocenters. The lowest BCUT2D eigenvalue weighted by Crippen LogP contribution is -2.50. The van der Waals surface area contributed by atoms with Gasteiger partial charge in [0, 0.05) is 18.8 Å². The zero-order valence-electron chi connectivity index (χ0n) is 21.2. The van der Waals surface area contributed by atoms with Crippen LogP contribution >= 0.6 is 0 Å². The standard InChI is InChI=1S/C30H41NO3/c1-4-5-6-18-33-28(32)34-23-13-15-29(2)22(19-23)9-10-24-26-12-11-25(21-8-7-17-31-20-21)30(26,3)16-14-27(24)29/h7-9,11,17,20,23-24,26-27H,4-6,10,12-16,18-19H2,1-3H3. The second-order valence-electron chi connectivity index (χ2n) is 11.6. The monoisotopic (exact) mass is 463 g/mol. The lowest BCUT2D eigenvalue weighted by Gasteiger charge is -2.57. The van der Waals surface area contributed by atoms with Crippen molar-refractivity contribution in [3.8, 4) is 0 Å². The SMILES string of the molecule is CCCCCOC(=O)OC1CCC2(C)C(=CCC3C2CCC2(C)C(c4cccnc4)=CCC32)C1. The molecule has 0 aliphatic heterocycles. The van der Waals surface area contributed by atoms with Gasteiger partial charge in [0.1, 0.15) is 6.10 Å². The number of hydrogen-bond donors (Lipinski definition) is 0. The Bertz CT molecular complexity index is 953. The number of rotatable bonds is 6. The number of aromatic nitrogens is 1. The van der Waals surface area contributed by atoms with Gasteiger partial charge in [-0.2, -0.15) is 0 Å². The highest BCUT2D eigenvalue weighted by atomic mass is 16.7. The van der Waals surface area contributed by atoms with Crippen LogP contribution in [0.25, 0.3) is 5.57 Å². The van der Waals surface area contributed by atoms with E-state index >= 15 is 0 Å². The van der Waals surface area contributed by atoms with Gasteiger partial charge in [0.05, 0.1) is 6.61 Å². The summed E-state index contributed by atoms with van der Waals surface area (Å²) in [6.45, 7) is 7.63. The average Bonchev–Trinajstić information content (AvgIpc) is 3.20. The van der Waals surface area contributed by atoms with Crippen molar-refractivity contribution in [1.29, 1.82) is 0 Å². The molecule has 5 rings (SSSR count). The van der Waals surface area contributed by atoms with E-state index in [4.69, 9.17) is 9.47 Å². The van der Waals surface area contributed by atoms with E-state index in [9.17, 15) is 4.79 Å². The van der Waals surface area contributed by atoms with Crippen molar-refractivity contribution in [1.82, 2.24) is 4.98 Å². The van der Waals surface area contributed by atoms with Crippen LogP contribution in [-0.2, 0) is 9.47 Å². The molecule has 6 atom stereocenters. The fourth-order valence-corrected chi connectivity index (χ4v) is 7.94. The number of unbranched alkanes of at least 4 members (excludes halogenated alkanes) is 2. The zero-order valence-corrected chi connectivity index (χ0v) is 21.2. The van der Waals surface area contributed by atoms with Crippen LogP contribution < -0.4 is 0 Å². The summed E-state index contributed by atoms with van der Waals surface area (Å²) in [7, 11) is 0. The van der Waals surface area contributed by atoms with E-state index in [2.05, 4.69) is 50.0 Å². The molecule has 4 aliphatic rings. The van der Waals surface area contributed by atoms with Gasteiger partial charge in [-0.3, -0.25) is 4.98 Å². The lowest BCUT2D eigenvalue weighted by molar-refractivity contribution is -0.0360. The summed E-state index contributed by atoms with van der Waals surface area (Å²) in [4.78, 5) is 16.6. The van der Waals surface area contributed by atoms with Crippen molar-refractivity contribution in [3.63, 3.8) is 0 Å². The largest absolute Gasteiger partial charge is 0.508 e. The highest BCUT2D eigenvalue weighted by Crippen LogP contribution is 2.66. The van der Waals surface area contributed by atoms with Crippen LogP contribution in [-0.4, -0.2) is 23.9 Å². The van der Waals surface area contributed by atoms with Crippen LogP contribution in [0, 0.1) is 28.6 Å². The van der Waals surface area contributed by atoms with E-state index < -0.39 is 6.16 Å². The Morgan fingerprint density at radius 3 is 2.74 bits per heavy atom. The van der Waals surface area contributed by atoms with Gasteiger partial charge in [-0.05, 0) is 90.7 Å². The van der Waals surface area contributed by atoms with Crippen molar-refractivity contribution < 1.29 is 14.3 Å². The van der Waals surface area contributed by atoms with Crippen molar-refractivity contribution in [2.45, 2.75) is 91.1 Å². The smallest absolute Gasteiger partial charge is 0.434 e. The first-order chi connectivity index (χ1) is 16.5. The summed E-state index contributed by atoms with van der Waals surface area (Å²) in [5, 5.41) is 0. The predicted molar refractivity (Wildman–Crippen MR) is 135 cm³/mol. The molecule has 184 valence electrons. The van der Waals surface area contributed by atoms with Crippen LogP contribution in [0.3, 0.4) is 0 Å². The summed E-state index contributed by atoms with van der Waals surface area (Å²) in [5.74, 6) is 2.18. The molecular weight excluding hydrogens is 422 g/mol. The minimum atomic E-state index is -0.479. The second kappa shape index (κ2) is 9.51. The van der Waals surface area contributed by atoms with Crippen LogP contribution in [0.15, 0.2) is 42.3 Å². The van der Waals surface area contributed by atoms with Gasteiger partial charge < -0.3 is 9.47 Å². The van der Waals surface area contributed by atoms with Gasteiger partial charge in [-0.25, -0.2) is 4.79 Å². The third-order valence-electron chi connectivity index (χ3n) is 9.84. The molecule has 0 bridgehead atoms. The van der Waals surface area contributed by atoms with Crippen LogP contribution in [0.5, 0.6) is 0 Å². The van der Waals surface area contributed by atoms with Crippen LogP contribution in [0.4, 0.5) is 4.79 Å². The molecule has 4 heteroatoms. The fourth-order valence-electron chi connectivity index (χ4n) is 7.94. The number of allylic oxidation sites excluding steroid dienone is 3. The summed E-state index contributed by atoms with van der Waals surface area (Å²) in [6.07, 6.45) is 19.4. The average molecular weight is 464 g/mol. The Hall–Kier alpha value is -2.10. The number of carbonyl (C=O) groups is 1. The molecular formula is C30H41NO3. The van der Waals surface area contributed by atoms with Crippen molar-refractivity contribution in [2.24, 2.45) is 28.6 Å². The van der Waals surface area contributed by atoms with Gasteiger partial charge >= 0.3 is 6.16 Å². The van der Waals surface area contributed by atoms with Crippen molar-refractivity contribution in [3.05, 3.63) is 47.8 Å². The zero-order chi connectivity index (χ0) is 23.8. The number of ether oxygens (including phenoxy) is 2. The maximum absolute atomic E-state index is 12.2. The first-order valence-corrected chi connectivity index (χ1v) is 13.6. The normalized spacial score (nSPS) is 36.4. The lowest BCUT2D eigenvalue weighted by atomic mass is 9.47. The molecule has 4 nitrogen and oxygen atoms in total. The van der Waals surface area contributed by atoms with Crippen LogP contribution in [0.2, 0.25) is 0 Å². The van der Waals surface area contributed by atoms with Crippen LogP contribution in [0.1, 0.15) is 90.5 Å². The molecule has 0 amide bonds. The highest BCUT2D eigenvalue weighted by molar-refractivity contribution is 5.72. The number of nitrogens with zero attached hydrogens (tertiary/aromatic N) is 1. The maximum atomic E-state index is 12.2. The van der Waals surface area contributed by atoms with E-state index in [1.807, 2.05) is 12.4 Å². The fraction of sp³-hybridized carbons (Fsp3) is 0.667. The first-order valence-electron chi connectivity index (χ1n) is 13.6.